The van der Waals surface area contributed by atoms with Gasteiger partial charge in [-0.15, -0.1) is 0 Å². The normalized spacial score (nSPS) is 10.4. The molecule has 5 nitrogen and oxygen atoms in total. The van der Waals surface area contributed by atoms with Crippen LogP contribution in [0.3, 0.4) is 0 Å². The fraction of sp³-hybridized carbons (Fsp3) is 0.278. The maximum absolute atomic E-state index is 11.9. The van der Waals surface area contributed by atoms with Crippen molar-refractivity contribution in [3.8, 4) is 0 Å². The van der Waals surface area contributed by atoms with Crippen molar-refractivity contribution in [1.82, 2.24) is 4.98 Å². The number of hydrogen-bond donors (Lipinski definition) is 2. The number of nitrogens with one attached hydrogen (secondary N) is 2. The average Bonchev–Trinajstić information content (AvgIpc) is 2.55. The Kier molecular flexibility index (Phi) is 5.86. The molecule has 0 unspecified atom stereocenters. The smallest absolute Gasteiger partial charge is 0.224 e. The highest BCUT2D eigenvalue weighted by atomic mass is 16.2. The molecular formula is C18H21N3O2. The molecule has 0 radical (unpaired) electrons. The van der Waals surface area contributed by atoms with Gasteiger partial charge in [-0.25, -0.2) is 4.98 Å². The first-order valence-corrected chi connectivity index (χ1v) is 7.65. The van der Waals surface area contributed by atoms with Gasteiger partial charge in [-0.3, -0.25) is 9.59 Å². The number of aromatic nitrogens is 1. The van der Waals surface area contributed by atoms with Gasteiger partial charge < -0.3 is 10.6 Å². The van der Waals surface area contributed by atoms with Gasteiger partial charge in [-0.2, -0.15) is 0 Å². The lowest BCUT2D eigenvalue weighted by molar-refractivity contribution is -0.116. The van der Waals surface area contributed by atoms with Gasteiger partial charge in [0.15, 0.2) is 5.78 Å². The number of anilines is 2. The first-order chi connectivity index (χ1) is 11.0. The molecule has 0 aliphatic rings. The van der Waals surface area contributed by atoms with Crippen LogP contribution in [0.15, 0.2) is 48.7 Å². The Balaban J connectivity index is 1.81. The van der Waals surface area contributed by atoms with E-state index in [1.165, 1.54) is 0 Å². The number of Topliss-reactive ketones (excluding diaryl/α,β-unsaturated/α-hetero) is 1. The number of nitrogens with zero attached hydrogens (tertiary/aromatic N) is 1. The van der Waals surface area contributed by atoms with Gasteiger partial charge in [0.2, 0.25) is 5.91 Å². The van der Waals surface area contributed by atoms with Gasteiger partial charge in [-0.1, -0.05) is 30.3 Å². The summed E-state index contributed by atoms with van der Waals surface area (Å²) in [6, 6.07) is 12.9. The lowest BCUT2D eigenvalue weighted by Crippen LogP contribution is -2.14. The average molecular weight is 311 g/mol. The zero-order chi connectivity index (χ0) is 16.7. The molecular weight excluding hydrogens is 290 g/mol. The van der Waals surface area contributed by atoms with Gasteiger partial charge in [0.1, 0.15) is 5.82 Å². The van der Waals surface area contributed by atoms with Gasteiger partial charge in [-0.05, 0) is 26.0 Å². The van der Waals surface area contributed by atoms with E-state index in [0.29, 0.717) is 17.3 Å². The minimum absolute atomic E-state index is 0.0321. The van der Waals surface area contributed by atoms with Gasteiger partial charge in [0.05, 0.1) is 11.9 Å². The summed E-state index contributed by atoms with van der Waals surface area (Å²) in [5, 5.41) is 5.92. The number of pyridine rings is 1. The summed E-state index contributed by atoms with van der Waals surface area (Å²) >= 11 is 0. The van der Waals surface area contributed by atoms with E-state index in [-0.39, 0.29) is 24.5 Å². The maximum atomic E-state index is 11.9. The Morgan fingerprint density at radius 3 is 2.39 bits per heavy atom. The van der Waals surface area contributed by atoms with Crippen LogP contribution in [-0.4, -0.2) is 22.7 Å². The van der Waals surface area contributed by atoms with Gasteiger partial charge in [0.25, 0.3) is 0 Å². The quantitative estimate of drug-likeness (QED) is 0.768. The van der Waals surface area contributed by atoms with Crippen LogP contribution in [0.2, 0.25) is 0 Å². The van der Waals surface area contributed by atoms with Crippen molar-refractivity contribution in [1.29, 1.82) is 0 Å². The largest absolute Gasteiger partial charge is 0.368 e. The van der Waals surface area contributed by atoms with Crippen LogP contribution >= 0.6 is 0 Å². The molecule has 1 aromatic carbocycles. The van der Waals surface area contributed by atoms with Gasteiger partial charge in [0, 0.05) is 24.4 Å². The minimum Gasteiger partial charge on any atom is -0.368 e. The number of ketones is 1. The van der Waals surface area contributed by atoms with Crippen molar-refractivity contribution in [3.63, 3.8) is 0 Å². The summed E-state index contributed by atoms with van der Waals surface area (Å²) in [6.45, 7) is 4.06. The van der Waals surface area contributed by atoms with Gasteiger partial charge >= 0.3 is 0 Å². The molecule has 2 rings (SSSR count). The third-order valence-electron chi connectivity index (χ3n) is 3.16. The fourth-order valence-electron chi connectivity index (χ4n) is 2.07. The van der Waals surface area contributed by atoms with Crippen LogP contribution in [0.4, 0.5) is 11.5 Å². The number of benzene rings is 1. The lowest BCUT2D eigenvalue weighted by atomic mass is 10.1. The molecule has 0 saturated carbocycles. The summed E-state index contributed by atoms with van der Waals surface area (Å²) < 4.78 is 0. The third-order valence-corrected chi connectivity index (χ3v) is 3.16. The van der Waals surface area contributed by atoms with Crippen molar-refractivity contribution in [2.24, 2.45) is 0 Å². The number of carbonyl (C=O) groups excluding carboxylic acids is 2. The maximum Gasteiger partial charge on any atom is 0.224 e. The van der Waals surface area contributed by atoms with Crippen molar-refractivity contribution >= 4 is 23.2 Å². The van der Waals surface area contributed by atoms with E-state index in [1.807, 2.05) is 38.1 Å². The van der Waals surface area contributed by atoms with E-state index in [9.17, 15) is 9.59 Å². The molecule has 0 atom stereocenters. The van der Waals surface area contributed by atoms with Crippen molar-refractivity contribution in [3.05, 3.63) is 54.2 Å². The lowest BCUT2D eigenvalue weighted by Gasteiger charge is -2.10. The van der Waals surface area contributed by atoms with E-state index in [4.69, 9.17) is 0 Å². The molecule has 1 aromatic heterocycles. The highest BCUT2D eigenvalue weighted by Gasteiger charge is 2.09. The fourth-order valence-corrected chi connectivity index (χ4v) is 2.07. The standard InChI is InChI=1S/C18H21N3O2/c1-13(2)20-17-10-8-15(12-19-17)21-18(23)11-9-16(22)14-6-4-3-5-7-14/h3-8,10,12-13H,9,11H2,1-2H3,(H,19,20)(H,21,23). The third kappa shape index (κ3) is 5.54. The Morgan fingerprint density at radius 1 is 1.04 bits per heavy atom. The van der Waals surface area contributed by atoms with E-state index in [1.54, 1.807) is 24.4 Å². The Labute approximate surface area is 136 Å². The zero-order valence-electron chi connectivity index (χ0n) is 13.4. The van der Waals surface area contributed by atoms with Crippen LogP contribution in [-0.2, 0) is 4.79 Å². The summed E-state index contributed by atoms with van der Waals surface area (Å²) in [4.78, 5) is 28.1. The first-order valence-electron chi connectivity index (χ1n) is 7.65. The highest BCUT2D eigenvalue weighted by Crippen LogP contribution is 2.12. The molecule has 2 aromatic rings. The Hall–Kier alpha value is -2.69. The molecule has 0 bridgehead atoms. The van der Waals surface area contributed by atoms with E-state index >= 15 is 0 Å². The molecule has 1 amide bonds. The van der Waals surface area contributed by atoms with Crippen LogP contribution in [0.25, 0.3) is 0 Å². The number of hydrogen-bond acceptors (Lipinski definition) is 4. The topological polar surface area (TPSA) is 71.1 Å². The molecule has 0 saturated heterocycles. The SMILES string of the molecule is CC(C)Nc1ccc(NC(=O)CCC(=O)c2ccccc2)cn1. The molecule has 1 heterocycles. The first kappa shape index (κ1) is 16.7. The monoisotopic (exact) mass is 311 g/mol. The second kappa shape index (κ2) is 8.08. The number of amides is 1. The molecule has 0 spiro atoms. The molecule has 23 heavy (non-hydrogen) atoms. The minimum atomic E-state index is -0.194. The molecule has 0 fully saturated rings. The number of rotatable bonds is 7. The predicted molar refractivity (Wildman–Crippen MR) is 91.6 cm³/mol. The van der Waals surface area contributed by atoms with Crippen molar-refractivity contribution < 1.29 is 9.59 Å². The summed E-state index contributed by atoms with van der Waals surface area (Å²) in [5.74, 6) is 0.535. The Bertz CT molecular complexity index is 652. The zero-order valence-corrected chi connectivity index (χ0v) is 13.4. The summed E-state index contributed by atoms with van der Waals surface area (Å²) in [7, 11) is 0. The highest BCUT2D eigenvalue weighted by molar-refractivity contribution is 5.99. The molecule has 5 heteroatoms. The Morgan fingerprint density at radius 2 is 1.78 bits per heavy atom. The second-order valence-electron chi connectivity index (χ2n) is 5.57. The summed E-state index contributed by atoms with van der Waals surface area (Å²) in [6.07, 6.45) is 1.94. The molecule has 120 valence electrons. The van der Waals surface area contributed by atoms with Crippen LogP contribution < -0.4 is 10.6 Å². The van der Waals surface area contributed by atoms with Crippen LogP contribution in [0, 0.1) is 0 Å². The van der Waals surface area contributed by atoms with Crippen LogP contribution in [0.1, 0.15) is 37.0 Å². The summed E-state index contributed by atoms with van der Waals surface area (Å²) in [5.41, 5.74) is 1.25. The van der Waals surface area contributed by atoms with Crippen molar-refractivity contribution in [2.45, 2.75) is 32.7 Å². The molecule has 0 aliphatic heterocycles. The van der Waals surface area contributed by atoms with E-state index in [0.717, 1.165) is 5.82 Å². The van der Waals surface area contributed by atoms with E-state index < -0.39 is 0 Å². The van der Waals surface area contributed by atoms with Crippen LogP contribution in [0.5, 0.6) is 0 Å². The van der Waals surface area contributed by atoms with Crippen molar-refractivity contribution in [2.75, 3.05) is 10.6 Å². The second-order valence-corrected chi connectivity index (χ2v) is 5.57. The predicted octanol–water partition coefficient (Wildman–Crippen LogP) is 3.50. The molecule has 0 aliphatic carbocycles. The number of carbonyl (C=O) groups is 2. The van der Waals surface area contributed by atoms with E-state index in [2.05, 4.69) is 15.6 Å². The molecule has 2 N–H and O–H groups in total.